The number of methoxy groups -OCH3 is 1. The summed E-state index contributed by atoms with van der Waals surface area (Å²) in [6.07, 6.45) is 0. The van der Waals surface area contributed by atoms with Gasteiger partial charge in [0.15, 0.2) is 5.15 Å². The molecule has 3 nitrogen and oxygen atoms in total. The van der Waals surface area contributed by atoms with Gasteiger partial charge in [0.2, 0.25) is 0 Å². The maximum Gasteiger partial charge on any atom is 0.159 e. The van der Waals surface area contributed by atoms with E-state index in [1.807, 2.05) is 48.5 Å². The second kappa shape index (κ2) is 5.69. The van der Waals surface area contributed by atoms with Crippen molar-refractivity contribution in [1.29, 1.82) is 0 Å². The van der Waals surface area contributed by atoms with Crippen LogP contribution in [0, 0.1) is 0 Å². The molecule has 3 aromatic rings. The van der Waals surface area contributed by atoms with Crippen LogP contribution in [0.2, 0.25) is 5.15 Å². The average Bonchev–Trinajstić information content (AvgIpc) is 2.51. The number of aromatic nitrogens is 2. The van der Waals surface area contributed by atoms with E-state index in [0.29, 0.717) is 5.15 Å². The van der Waals surface area contributed by atoms with E-state index in [1.165, 1.54) is 11.8 Å². The van der Waals surface area contributed by atoms with E-state index in [0.717, 1.165) is 26.4 Å². The molecule has 0 radical (unpaired) electrons. The highest BCUT2D eigenvalue weighted by Crippen LogP contribution is 2.37. The number of hydrogen-bond donors (Lipinski definition) is 0. The minimum atomic E-state index is 0.421. The zero-order chi connectivity index (χ0) is 13.9. The number of fused-ring (bicyclic) bond motifs is 1. The molecule has 100 valence electrons. The molecule has 0 aliphatic carbocycles. The van der Waals surface area contributed by atoms with Crippen molar-refractivity contribution < 1.29 is 4.74 Å². The van der Waals surface area contributed by atoms with Gasteiger partial charge in [-0.15, -0.1) is 10.2 Å². The average molecular weight is 303 g/mol. The van der Waals surface area contributed by atoms with E-state index >= 15 is 0 Å². The van der Waals surface area contributed by atoms with Gasteiger partial charge in [0, 0.05) is 10.8 Å². The molecule has 3 rings (SSSR count). The first kappa shape index (κ1) is 13.2. The lowest BCUT2D eigenvalue weighted by Crippen LogP contribution is -1.91. The first-order chi connectivity index (χ1) is 9.79. The highest BCUT2D eigenvalue weighted by atomic mass is 35.5. The number of benzene rings is 2. The third kappa shape index (κ3) is 2.44. The molecule has 0 aliphatic heterocycles. The molecule has 0 saturated carbocycles. The van der Waals surface area contributed by atoms with Crippen LogP contribution >= 0.6 is 23.4 Å². The van der Waals surface area contributed by atoms with Crippen LogP contribution in [0.5, 0.6) is 5.75 Å². The van der Waals surface area contributed by atoms with Crippen LogP contribution < -0.4 is 4.74 Å². The minimum absolute atomic E-state index is 0.421. The molecule has 2 aromatic carbocycles. The van der Waals surface area contributed by atoms with Gasteiger partial charge in [0.1, 0.15) is 10.8 Å². The summed E-state index contributed by atoms with van der Waals surface area (Å²) >= 11 is 7.60. The number of rotatable bonds is 3. The third-order valence-corrected chi connectivity index (χ3v) is 4.22. The molecule has 0 atom stereocenters. The fourth-order valence-electron chi connectivity index (χ4n) is 1.93. The molecule has 0 spiro atoms. The number of halogens is 1. The zero-order valence-electron chi connectivity index (χ0n) is 10.7. The lowest BCUT2D eigenvalue weighted by atomic mass is 10.2. The molecule has 1 heterocycles. The molecule has 1 aromatic heterocycles. The molecule has 0 bridgehead atoms. The quantitative estimate of drug-likeness (QED) is 0.716. The molecule has 0 N–H and O–H groups in total. The van der Waals surface area contributed by atoms with Gasteiger partial charge in [0.25, 0.3) is 0 Å². The molecule has 0 aliphatic rings. The smallest absolute Gasteiger partial charge is 0.159 e. The molecule has 0 amide bonds. The van der Waals surface area contributed by atoms with Crippen LogP contribution in [0.25, 0.3) is 10.8 Å². The van der Waals surface area contributed by atoms with E-state index in [2.05, 4.69) is 10.2 Å². The van der Waals surface area contributed by atoms with E-state index < -0.39 is 0 Å². The Kier molecular flexibility index (Phi) is 3.76. The van der Waals surface area contributed by atoms with Gasteiger partial charge in [-0.25, -0.2) is 0 Å². The van der Waals surface area contributed by atoms with Crippen molar-refractivity contribution in [2.45, 2.75) is 9.92 Å². The fourth-order valence-corrected chi connectivity index (χ4v) is 3.11. The SMILES string of the molecule is COc1ccccc1Sc1nnc(Cl)c2ccccc12. The Labute approximate surface area is 125 Å². The summed E-state index contributed by atoms with van der Waals surface area (Å²) in [5, 5.41) is 11.3. The van der Waals surface area contributed by atoms with Gasteiger partial charge in [-0.3, -0.25) is 0 Å². The highest BCUT2D eigenvalue weighted by molar-refractivity contribution is 7.99. The summed E-state index contributed by atoms with van der Waals surface area (Å²) in [5.41, 5.74) is 0. The molecular weight excluding hydrogens is 292 g/mol. The molecule has 0 saturated heterocycles. The van der Waals surface area contributed by atoms with Gasteiger partial charge in [-0.1, -0.05) is 59.8 Å². The van der Waals surface area contributed by atoms with Crippen molar-refractivity contribution >= 4 is 34.1 Å². The second-order valence-electron chi connectivity index (χ2n) is 4.09. The Morgan fingerprint density at radius 3 is 2.45 bits per heavy atom. The van der Waals surface area contributed by atoms with Crippen LogP contribution in [0.3, 0.4) is 0 Å². The Morgan fingerprint density at radius 1 is 0.950 bits per heavy atom. The summed E-state index contributed by atoms with van der Waals surface area (Å²) < 4.78 is 5.36. The standard InChI is InChI=1S/C15H11ClN2OS/c1-19-12-8-4-5-9-13(12)20-15-11-7-3-2-6-10(11)14(16)17-18-15/h2-9H,1H3. The van der Waals surface area contributed by atoms with E-state index in [4.69, 9.17) is 16.3 Å². The van der Waals surface area contributed by atoms with Crippen molar-refractivity contribution in [3.05, 3.63) is 53.7 Å². The van der Waals surface area contributed by atoms with Crippen LogP contribution in [0.4, 0.5) is 0 Å². The fraction of sp³-hybridized carbons (Fsp3) is 0.0667. The maximum atomic E-state index is 6.08. The lowest BCUT2D eigenvalue weighted by molar-refractivity contribution is 0.405. The van der Waals surface area contributed by atoms with Crippen molar-refractivity contribution in [3.63, 3.8) is 0 Å². The summed E-state index contributed by atoms with van der Waals surface area (Å²) in [7, 11) is 1.66. The summed E-state index contributed by atoms with van der Waals surface area (Å²) in [5.74, 6) is 0.818. The normalized spacial score (nSPS) is 10.7. The molecule has 0 fully saturated rings. The Hall–Kier alpha value is -1.78. The maximum absolute atomic E-state index is 6.08. The largest absolute Gasteiger partial charge is 0.496 e. The summed E-state index contributed by atoms with van der Waals surface area (Å²) in [6, 6.07) is 15.7. The first-order valence-corrected chi connectivity index (χ1v) is 7.21. The number of hydrogen-bond acceptors (Lipinski definition) is 4. The minimum Gasteiger partial charge on any atom is -0.496 e. The molecule has 20 heavy (non-hydrogen) atoms. The van der Waals surface area contributed by atoms with Crippen molar-refractivity contribution in [2.75, 3.05) is 7.11 Å². The second-order valence-corrected chi connectivity index (χ2v) is 5.48. The predicted octanol–water partition coefficient (Wildman–Crippen LogP) is 4.44. The first-order valence-electron chi connectivity index (χ1n) is 6.01. The van der Waals surface area contributed by atoms with Gasteiger partial charge < -0.3 is 4.74 Å². The monoisotopic (exact) mass is 302 g/mol. The van der Waals surface area contributed by atoms with Gasteiger partial charge in [0.05, 0.1) is 12.0 Å². The Balaban J connectivity index is 2.09. The van der Waals surface area contributed by atoms with E-state index in [-0.39, 0.29) is 0 Å². The summed E-state index contributed by atoms with van der Waals surface area (Å²) in [6.45, 7) is 0. The molecular formula is C15H11ClN2OS. The lowest BCUT2D eigenvalue weighted by Gasteiger charge is -2.08. The van der Waals surface area contributed by atoms with Crippen molar-refractivity contribution in [1.82, 2.24) is 10.2 Å². The number of para-hydroxylation sites is 1. The van der Waals surface area contributed by atoms with Crippen LogP contribution in [-0.4, -0.2) is 17.3 Å². The Bertz CT molecular complexity index is 764. The zero-order valence-corrected chi connectivity index (χ0v) is 12.3. The summed E-state index contributed by atoms with van der Waals surface area (Å²) in [4.78, 5) is 0.997. The van der Waals surface area contributed by atoms with Crippen molar-refractivity contribution in [2.24, 2.45) is 0 Å². The third-order valence-electron chi connectivity index (χ3n) is 2.88. The van der Waals surface area contributed by atoms with E-state index in [1.54, 1.807) is 7.11 Å². The van der Waals surface area contributed by atoms with Gasteiger partial charge in [-0.05, 0) is 12.1 Å². The predicted molar refractivity (Wildman–Crippen MR) is 81.7 cm³/mol. The number of ether oxygens (including phenoxy) is 1. The van der Waals surface area contributed by atoms with Crippen LogP contribution in [0.1, 0.15) is 0 Å². The topological polar surface area (TPSA) is 35.0 Å². The van der Waals surface area contributed by atoms with Crippen molar-refractivity contribution in [3.8, 4) is 5.75 Å². The molecule has 0 unspecified atom stereocenters. The Morgan fingerprint density at radius 2 is 1.65 bits per heavy atom. The highest BCUT2D eigenvalue weighted by Gasteiger charge is 2.11. The van der Waals surface area contributed by atoms with E-state index in [9.17, 15) is 0 Å². The van der Waals surface area contributed by atoms with Gasteiger partial charge >= 0.3 is 0 Å². The van der Waals surface area contributed by atoms with Crippen LogP contribution in [-0.2, 0) is 0 Å². The van der Waals surface area contributed by atoms with Crippen LogP contribution in [0.15, 0.2) is 58.5 Å². The number of nitrogens with zero attached hydrogens (tertiary/aromatic N) is 2. The molecule has 5 heteroatoms. The van der Waals surface area contributed by atoms with Gasteiger partial charge in [-0.2, -0.15) is 0 Å².